The first-order valence-corrected chi connectivity index (χ1v) is 14.9. The number of aliphatic imine (C=N–C) groups is 4. The number of hydrogen-bond donors (Lipinski definition) is 0. The smallest absolute Gasteiger partial charge is 0.0986 e. The number of hydrogen-bond acceptors (Lipinski definition) is 8. The summed E-state index contributed by atoms with van der Waals surface area (Å²) in [6.45, 7) is 20.8. The Hall–Kier alpha value is -2.12. The SMILES string of the molecule is CC1=NCCCN1C.CCC1=NCCCN1C.CCC1=NCCCN1CC.CCCC1=NCCCN1C. The Balaban J connectivity index is 0.000000248. The molecule has 0 aromatic heterocycles. The predicted octanol–water partition coefficient (Wildman–Crippen LogP) is 4.91. The first-order chi connectivity index (χ1) is 17.9. The van der Waals surface area contributed by atoms with Crippen molar-refractivity contribution in [1.82, 2.24) is 19.6 Å². The van der Waals surface area contributed by atoms with Crippen LogP contribution in [0, 0.1) is 0 Å². The quantitative estimate of drug-likeness (QED) is 0.519. The Morgan fingerprint density at radius 2 is 1.03 bits per heavy atom. The van der Waals surface area contributed by atoms with Crippen molar-refractivity contribution >= 4 is 23.3 Å². The van der Waals surface area contributed by atoms with Crippen LogP contribution in [0.15, 0.2) is 20.0 Å². The molecule has 0 spiro atoms. The average Bonchev–Trinajstić information content (AvgIpc) is 2.93. The van der Waals surface area contributed by atoms with Gasteiger partial charge in [-0.05, 0) is 46.0 Å². The molecular formula is C29H58N8. The van der Waals surface area contributed by atoms with Crippen LogP contribution in [-0.4, -0.2) is 123 Å². The molecular weight excluding hydrogens is 460 g/mol. The van der Waals surface area contributed by atoms with Crippen molar-refractivity contribution in [3.8, 4) is 0 Å². The van der Waals surface area contributed by atoms with Gasteiger partial charge in [-0.1, -0.05) is 20.8 Å². The van der Waals surface area contributed by atoms with E-state index in [1.165, 1.54) is 81.6 Å². The van der Waals surface area contributed by atoms with Crippen LogP contribution < -0.4 is 0 Å². The van der Waals surface area contributed by atoms with Crippen LogP contribution >= 0.6 is 0 Å². The Morgan fingerprint density at radius 1 is 0.568 bits per heavy atom. The molecule has 4 rings (SSSR count). The molecule has 0 bridgehead atoms. The first-order valence-electron chi connectivity index (χ1n) is 14.9. The van der Waals surface area contributed by atoms with E-state index >= 15 is 0 Å². The Kier molecular flexibility index (Phi) is 17.7. The molecule has 8 nitrogen and oxygen atoms in total. The van der Waals surface area contributed by atoms with Crippen LogP contribution in [0.1, 0.15) is 86.0 Å². The van der Waals surface area contributed by atoms with E-state index in [1.54, 1.807) is 0 Å². The summed E-state index contributed by atoms with van der Waals surface area (Å²) in [5.41, 5.74) is 0. The fraction of sp³-hybridized carbons (Fsp3) is 0.862. The lowest BCUT2D eigenvalue weighted by molar-refractivity contribution is 0.405. The van der Waals surface area contributed by atoms with Crippen molar-refractivity contribution in [3.63, 3.8) is 0 Å². The average molecular weight is 519 g/mol. The molecule has 0 aliphatic carbocycles. The number of rotatable bonds is 5. The van der Waals surface area contributed by atoms with Crippen molar-refractivity contribution in [1.29, 1.82) is 0 Å². The van der Waals surface area contributed by atoms with E-state index in [9.17, 15) is 0 Å². The summed E-state index contributed by atoms with van der Waals surface area (Å²) in [7, 11) is 6.33. The normalized spacial score (nSPS) is 19.6. The lowest BCUT2D eigenvalue weighted by Gasteiger charge is -2.27. The summed E-state index contributed by atoms with van der Waals surface area (Å²) in [6, 6.07) is 0. The Labute approximate surface area is 229 Å². The maximum atomic E-state index is 4.44. The van der Waals surface area contributed by atoms with Gasteiger partial charge in [0, 0.05) is 99.3 Å². The summed E-state index contributed by atoms with van der Waals surface area (Å²) in [5, 5.41) is 0. The molecule has 0 amide bonds. The van der Waals surface area contributed by atoms with Gasteiger partial charge < -0.3 is 19.6 Å². The summed E-state index contributed by atoms with van der Waals surface area (Å²) in [4.78, 5) is 26.6. The van der Waals surface area contributed by atoms with E-state index < -0.39 is 0 Å². The van der Waals surface area contributed by atoms with Gasteiger partial charge in [-0.15, -0.1) is 0 Å². The summed E-state index contributed by atoms with van der Waals surface area (Å²) in [6.07, 6.45) is 9.43. The fourth-order valence-electron chi connectivity index (χ4n) is 4.61. The van der Waals surface area contributed by atoms with E-state index in [-0.39, 0.29) is 0 Å². The highest BCUT2D eigenvalue weighted by Gasteiger charge is 2.10. The third-order valence-corrected chi connectivity index (χ3v) is 7.05. The fourth-order valence-corrected chi connectivity index (χ4v) is 4.61. The molecule has 0 radical (unpaired) electrons. The highest BCUT2D eigenvalue weighted by atomic mass is 15.2. The summed E-state index contributed by atoms with van der Waals surface area (Å²) in [5.74, 6) is 5.04. The van der Waals surface area contributed by atoms with Gasteiger partial charge in [0.25, 0.3) is 0 Å². The maximum Gasteiger partial charge on any atom is 0.0986 e. The summed E-state index contributed by atoms with van der Waals surface area (Å²) >= 11 is 0. The van der Waals surface area contributed by atoms with Crippen LogP contribution in [0.2, 0.25) is 0 Å². The van der Waals surface area contributed by atoms with Crippen LogP contribution in [-0.2, 0) is 0 Å². The highest BCUT2D eigenvalue weighted by Crippen LogP contribution is 2.05. The number of amidine groups is 4. The van der Waals surface area contributed by atoms with Gasteiger partial charge in [0.15, 0.2) is 0 Å². The molecule has 8 heteroatoms. The van der Waals surface area contributed by atoms with Crippen molar-refractivity contribution in [2.75, 3.05) is 80.0 Å². The third kappa shape index (κ3) is 13.3. The maximum absolute atomic E-state index is 4.44. The van der Waals surface area contributed by atoms with Crippen molar-refractivity contribution in [3.05, 3.63) is 0 Å². The van der Waals surface area contributed by atoms with Gasteiger partial charge in [-0.25, -0.2) is 0 Å². The van der Waals surface area contributed by atoms with E-state index in [2.05, 4.69) is 95.3 Å². The van der Waals surface area contributed by atoms with E-state index in [4.69, 9.17) is 0 Å². The third-order valence-electron chi connectivity index (χ3n) is 7.05. The van der Waals surface area contributed by atoms with Crippen LogP contribution in [0.4, 0.5) is 0 Å². The van der Waals surface area contributed by atoms with Crippen LogP contribution in [0.5, 0.6) is 0 Å². The molecule has 0 fully saturated rings. The molecule has 0 saturated heterocycles. The molecule has 214 valence electrons. The monoisotopic (exact) mass is 518 g/mol. The second kappa shape index (κ2) is 19.9. The minimum Gasteiger partial charge on any atom is -0.364 e. The topological polar surface area (TPSA) is 62.4 Å². The second-order valence-corrected chi connectivity index (χ2v) is 10.0. The van der Waals surface area contributed by atoms with Crippen molar-refractivity contribution in [2.45, 2.75) is 86.0 Å². The Morgan fingerprint density at radius 3 is 1.38 bits per heavy atom. The van der Waals surface area contributed by atoms with E-state index in [0.717, 1.165) is 52.0 Å². The molecule has 4 aliphatic heterocycles. The van der Waals surface area contributed by atoms with Crippen molar-refractivity contribution < 1.29 is 0 Å². The largest absolute Gasteiger partial charge is 0.364 e. The minimum atomic E-state index is 1.02. The lowest BCUT2D eigenvalue weighted by atomic mass is 10.2. The molecule has 0 aromatic rings. The standard InChI is InChI=1S/2C8H16N2.C7H14N2.C6H12N2/c1-3-5-8-9-6-4-7-10(8)2;1-3-8-9-6-5-7-10(8)4-2;1-3-7-8-5-4-6-9(7)2;1-6-7-4-3-5-8(6)2/h2*3-7H2,1-2H3;3-6H2,1-2H3;3-5H2,1-2H3. The molecule has 0 aromatic carbocycles. The van der Waals surface area contributed by atoms with E-state index in [1.807, 2.05) is 0 Å². The van der Waals surface area contributed by atoms with Gasteiger partial charge >= 0.3 is 0 Å². The zero-order chi connectivity index (χ0) is 27.5. The van der Waals surface area contributed by atoms with Crippen LogP contribution in [0.25, 0.3) is 0 Å². The van der Waals surface area contributed by atoms with Gasteiger partial charge in [-0.2, -0.15) is 0 Å². The molecule has 0 N–H and O–H groups in total. The lowest BCUT2D eigenvalue weighted by Crippen LogP contribution is -2.34. The molecule has 0 saturated carbocycles. The van der Waals surface area contributed by atoms with Gasteiger partial charge in [0.1, 0.15) is 0 Å². The second-order valence-electron chi connectivity index (χ2n) is 10.0. The van der Waals surface area contributed by atoms with Crippen molar-refractivity contribution in [2.24, 2.45) is 20.0 Å². The van der Waals surface area contributed by atoms with Gasteiger partial charge in [0.2, 0.25) is 0 Å². The molecule has 0 atom stereocenters. The summed E-state index contributed by atoms with van der Waals surface area (Å²) < 4.78 is 0. The Bertz CT molecular complexity index is 721. The minimum absolute atomic E-state index is 1.02. The molecule has 4 aliphatic rings. The zero-order valence-corrected chi connectivity index (χ0v) is 25.6. The highest BCUT2D eigenvalue weighted by molar-refractivity contribution is 5.83. The molecule has 37 heavy (non-hydrogen) atoms. The number of nitrogens with zero attached hydrogens (tertiary/aromatic N) is 8. The van der Waals surface area contributed by atoms with Gasteiger partial charge in [0.05, 0.1) is 23.3 Å². The van der Waals surface area contributed by atoms with E-state index in [0.29, 0.717) is 0 Å². The van der Waals surface area contributed by atoms with Gasteiger partial charge in [-0.3, -0.25) is 20.0 Å². The molecule has 0 unspecified atom stereocenters. The first kappa shape index (κ1) is 32.9. The van der Waals surface area contributed by atoms with Crippen LogP contribution in [0.3, 0.4) is 0 Å². The zero-order valence-electron chi connectivity index (χ0n) is 25.6. The predicted molar refractivity (Wildman–Crippen MR) is 164 cm³/mol. The molecule has 4 heterocycles.